The number of carbonyl (C=O) groups is 1. The molecule has 0 radical (unpaired) electrons. The van der Waals surface area contributed by atoms with Gasteiger partial charge in [-0.25, -0.2) is 8.78 Å². The number of aryl methyl sites for hydroxylation is 1. The van der Waals surface area contributed by atoms with Crippen LogP contribution in [0.5, 0.6) is 5.75 Å². The molecule has 108 valence electrons. The SMILES string of the molecule is O=C1CCCc2cc(OCc3ccc(F)cc3F)ccc21. The highest BCUT2D eigenvalue weighted by Gasteiger charge is 2.17. The van der Waals surface area contributed by atoms with Crippen LogP contribution in [0.1, 0.15) is 34.3 Å². The van der Waals surface area contributed by atoms with Crippen molar-refractivity contribution < 1.29 is 18.3 Å². The standard InChI is InChI=1S/C17H14F2O2/c18-13-5-4-12(16(19)9-13)10-21-14-6-7-15-11(8-14)2-1-3-17(15)20/h4-9H,1-3,10H2. The molecule has 0 N–H and O–H groups in total. The molecule has 0 amide bonds. The number of Topliss-reactive ketones (excluding diaryl/α,β-unsaturated/α-hetero) is 1. The third kappa shape index (κ3) is 2.94. The molecule has 1 aliphatic carbocycles. The largest absolute Gasteiger partial charge is 0.489 e. The molecule has 2 aromatic rings. The van der Waals surface area contributed by atoms with E-state index in [1.807, 2.05) is 6.07 Å². The predicted molar refractivity (Wildman–Crippen MR) is 74.4 cm³/mol. The maximum absolute atomic E-state index is 13.5. The van der Waals surface area contributed by atoms with Crippen LogP contribution >= 0.6 is 0 Å². The van der Waals surface area contributed by atoms with Crippen molar-refractivity contribution in [3.8, 4) is 5.75 Å². The van der Waals surface area contributed by atoms with E-state index in [2.05, 4.69) is 0 Å². The number of rotatable bonds is 3. The van der Waals surface area contributed by atoms with Crippen molar-refractivity contribution >= 4 is 5.78 Å². The minimum atomic E-state index is -0.622. The summed E-state index contributed by atoms with van der Waals surface area (Å²) in [6.45, 7) is 0.0266. The van der Waals surface area contributed by atoms with Gasteiger partial charge in [-0.05, 0) is 48.7 Å². The molecule has 3 rings (SSSR count). The molecule has 2 nitrogen and oxygen atoms in total. The van der Waals surface area contributed by atoms with Crippen LogP contribution in [0.3, 0.4) is 0 Å². The van der Waals surface area contributed by atoms with Crippen LogP contribution in [0.25, 0.3) is 0 Å². The Morgan fingerprint density at radius 2 is 1.90 bits per heavy atom. The number of hydrogen-bond donors (Lipinski definition) is 0. The van der Waals surface area contributed by atoms with Gasteiger partial charge in [-0.3, -0.25) is 4.79 Å². The fourth-order valence-corrected chi connectivity index (χ4v) is 2.51. The molecule has 0 saturated carbocycles. The van der Waals surface area contributed by atoms with E-state index in [0.717, 1.165) is 30.0 Å². The van der Waals surface area contributed by atoms with Gasteiger partial charge in [0.1, 0.15) is 24.0 Å². The summed E-state index contributed by atoms with van der Waals surface area (Å²) in [6.07, 6.45) is 2.29. The molecular formula is C17H14F2O2. The molecule has 4 heteroatoms. The van der Waals surface area contributed by atoms with E-state index in [9.17, 15) is 13.6 Å². The fourth-order valence-electron chi connectivity index (χ4n) is 2.51. The summed E-state index contributed by atoms with van der Waals surface area (Å²) in [6, 6.07) is 8.70. The van der Waals surface area contributed by atoms with Gasteiger partial charge in [0.25, 0.3) is 0 Å². The first-order chi connectivity index (χ1) is 10.1. The van der Waals surface area contributed by atoms with E-state index >= 15 is 0 Å². The van der Waals surface area contributed by atoms with Gasteiger partial charge in [0.15, 0.2) is 5.78 Å². The van der Waals surface area contributed by atoms with E-state index in [-0.39, 0.29) is 12.4 Å². The third-order valence-corrected chi connectivity index (χ3v) is 3.64. The molecule has 2 aromatic carbocycles. The van der Waals surface area contributed by atoms with Gasteiger partial charge in [-0.2, -0.15) is 0 Å². The number of benzene rings is 2. The monoisotopic (exact) mass is 288 g/mol. The van der Waals surface area contributed by atoms with Crippen molar-refractivity contribution in [1.29, 1.82) is 0 Å². The minimum absolute atomic E-state index is 0.0266. The Morgan fingerprint density at radius 3 is 2.71 bits per heavy atom. The van der Waals surface area contributed by atoms with Crippen LogP contribution in [0, 0.1) is 11.6 Å². The highest BCUT2D eigenvalue weighted by Crippen LogP contribution is 2.26. The first-order valence-corrected chi connectivity index (χ1v) is 6.86. The van der Waals surface area contributed by atoms with Crippen LogP contribution in [0.2, 0.25) is 0 Å². The topological polar surface area (TPSA) is 26.3 Å². The molecule has 0 aliphatic heterocycles. The van der Waals surface area contributed by atoms with Crippen LogP contribution in [0.4, 0.5) is 8.78 Å². The van der Waals surface area contributed by atoms with Gasteiger partial charge in [0.05, 0.1) is 0 Å². The van der Waals surface area contributed by atoms with E-state index in [1.165, 1.54) is 12.1 Å². The van der Waals surface area contributed by atoms with Crippen molar-refractivity contribution in [2.24, 2.45) is 0 Å². The van der Waals surface area contributed by atoms with Crippen molar-refractivity contribution in [3.05, 3.63) is 64.7 Å². The second-order valence-electron chi connectivity index (χ2n) is 5.12. The predicted octanol–water partition coefficient (Wildman–Crippen LogP) is 4.06. The molecule has 1 aliphatic rings. The second-order valence-corrected chi connectivity index (χ2v) is 5.12. The lowest BCUT2D eigenvalue weighted by Crippen LogP contribution is -2.10. The van der Waals surface area contributed by atoms with Gasteiger partial charge in [-0.1, -0.05) is 0 Å². The highest BCUT2D eigenvalue weighted by molar-refractivity contribution is 5.98. The van der Waals surface area contributed by atoms with Crippen LogP contribution < -0.4 is 4.74 Å². The molecule has 0 unspecified atom stereocenters. The Kier molecular flexibility index (Phi) is 3.69. The van der Waals surface area contributed by atoms with E-state index in [4.69, 9.17) is 4.74 Å². The Hall–Kier alpha value is -2.23. The van der Waals surface area contributed by atoms with Crippen molar-refractivity contribution in [2.75, 3.05) is 0 Å². The average Bonchev–Trinajstić information content (AvgIpc) is 2.46. The van der Waals surface area contributed by atoms with Gasteiger partial charge in [0, 0.05) is 23.6 Å². The lowest BCUT2D eigenvalue weighted by molar-refractivity contribution is 0.0972. The van der Waals surface area contributed by atoms with E-state index < -0.39 is 11.6 Å². The lowest BCUT2D eigenvalue weighted by atomic mass is 9.90. The Labute approximate surface area is 121 Å². The van der Waals surface area contributed by atoms with Gasteiger partial charge >= 0.3 is 0 Å². The molecular weight excluding hydrogens is 274 g/mol. The van der Waals surface area contributed by atoms with Crippen LogP contribution in [0.15, 0.2) is 36.4 Å². The number of hydrogen-bond acceptors (Lipinski definition) is 2. The number of ether oxygens (including phenoxy) is 1. The first-order valence-electron chi connectivity index (χ1n) is 6.86. The molecule has 0 fully saturated rings. The Balaban J connectivity index is 1.75. The van der Waals surface area contributed by atoms with E-state index in [0.29, 0.717) is 17.7 Å². The summed E-state index contributed by atoms with van der Waals surface area (Å²) in [7, 11) is 0. The zero-order chi connectivity index (χ0) is 14.8. The number of ketones is 1. The van der Waals surface area contributed by atoms with Gasteiger partial charge in [0.2, 0.25) is 0 Å². The molecule has 0 atom stereocenters. The van der Waals surface area contributed by atoms with Crippen molar-refractivity contribution in [2.45, 2.75) is 25.9 Å². The molecule has 0 aromatic heterocycles. The lowest BCUT2D eigenvalue weighted by Gasteiger charge is -2.16. The summed E-state index contributed by atoms with van der Waals surface area (Å²) in [5.41, 5.74) is 2.02. The van der Waals surface area contributed by atoms with Crippen molar-refractivity contribution in [1.82, 2.24) is 0 Å². The molecule has 0 bridgehead atoms. The van der Waals surface area contributed by atoms with Gasteiger partial charge < -0.3 is 4.74 Å². The zero-order valence-electron chi connectivity index (χ0n) is 11.4. The average molecular weight is 288 g/mol. The number of carbonyl (C=O) groups excluding carboxylic acids is 1. The first kappa shape index (κ1) is 13.7. The highest BCUT2D eigenvalue weighted by atomic mass is 19.1. The molecule has 0 spiro atoms. The normalized spacial score (nSPS) is 13.9. The van der Waals surface area contributed by atoms with Crippen LogP contribution in [-0.2, 0) is 13.0 Å². The summed E-state index contributed by atoms with van der Waals surface area (Å²) in [4.78, 5) is 11.7. The quantitative estimate of drug-likeness (QED) is 0.851. The number of halogens is 2. The molecule has 0 saturated heterocycles. The fraction of sp³-hybridized carbons (Fsp3) is 0.235. The van der Waals surface area contributed by atoms with Crippen molar-refractivity contribution in [3.63, 3.8) is 0 Å². The number of fused-ring (bicyclic) bond motifs is 1. The third-order valence-electron chi connectivity index (χ3n) is 3.64. The summed E-state index contributed by atoms with van der Waals surface area (Å²) >= 11 is 0. The van der Waals surface area contributed by atoms with Crippen LogP contribution in [-0.4, -0.2) is 5.78 Å². The minimum Gasteiger partial charge on any atom is -0.489 e. The summed E-state index contributed by atoms with van der Waals surface area (Å²) in [5, 5.41) is 0. The molecule has 0 heterocycles. The summed E-state index contributed by atoms with van der Waals surface area (Å²) < 4.78 is 31.9. The second kappa shape index (κ2) is 5.64. The summed E-state index contributed by atoms with van der Waals surface area (Å²) in [5.74, 6) is -0.480. The zero-order valence-corrected chi connectivity index (χ0v) is 11.4. The van der Waals surface area contributed by atoms with Gasteiger partial charge in [-0.15, -0.1) is 0 Å². The maximum Gasteiger partial charge on any atom is 0.163 e. The Bertz CT molecular complexity index is 695. The van der Waals surface area contributed by atoms with E-state index in [1.54, 1.807) is 12.1 Å². The molecule has 21 heavy (non-hydrogen) atoms. The maximum atomic E-state index is 13.5. The Morgan fingerprint density at radius 1 is 1.05 bits per heavy atom. The smallest absolute Gasteiger partial charge is 0.163 e.